The molecule has 6 heteroatoms. The van der Waals surface area contributed by atoms with E-state index in [-0.39, 0.29) is 5.91 Å². The van der Waals surface area contributed by atoms with Crippen LogP contribution in [0.5, 0.6) is 0 Å². The molecule has 1 aliphatic heterocycles. The summed E-state index contributed by atoms with van der Waals surface area (Å²) in [7, 11) is 0. The molecule has 0 spiro atoms. The van der Waals surface area contributed by atoms with Gasteiger partial charge in [0.05, 0.1) is 0 Å². The summed E-state index contributed by atoms with van der Waals surface area (Å²) >= 11 is 1.44. The van der Waals surface area contributed by atoms with Crippen LogP contribution >= 0.6 is 11.3 Å². The lowest BCUT2D eigenvalue weighted by Gasteiger charge is -2.08. The van der Waals surface area contributed by atoms with Crippen LogP contribution in [0.15, 0.2) is 0 Å². The Labute approximate surface area is 98.7 Å². The summed E-state index contributed by atoms with van der Waals surface area (Å²) in [6.07, 6.45) is 3.64. The van der Waals surface area contributed by atoms with Gasteiger partial charge in [0.1, 0.15) is 5.01 Å². The number of nitrogens with one attached hydrogen (secondary N) is 2. The van der Waals surface area contributed by atoms with Crippen molar-refractivity contribution < 1.29 is 4.79 Å². The minimum Gasteiger partial charge on any atom is -0.313 e. The van der Waals surface area contributed by atoms with Gasteiger partial charge in [0.25, 0.3) is 0 Å². The highest BCUT2D eigenvalue weighted by Gasteiger charge is 2.18. The first kappa shape index (κ1) is 11.5. The molecule has 0 radical (unpaired) electrons. The molecule has 2 N–H and O–H groups in total. The van der Waals surface area contributed by atoms with Gasteiger partial charge in [0.2, 0.25) is 11.0 Å². The van der Waals surface area contributed by atoms with Crippen LogP contribution in [0, 0.1) is 0 Å². The predicted molar refractivity (Wildman–Crippen MR) is 63.6 cm³/mol. The number of nitrogens with zero attached hydrogens (tertiary/aromatic N) is 2. The standard InChI is InChI=1S/C10H16N4OS/c1-2-9-13-14-10(16-9)12-8(15)6-7-4-3-5-11-7/h7,11H,2-6H2,1H3,(H,12,14,15). The molecule has 0 saturated carbocycles. The molecule has 16 heavy (non-hydrogen) atoms. The number of carbonyl (C=O) groups excluding carboxylic acids is 1. The van der Waals surface area contributed by atoms with Gasteiger partial charge in [-0.25, -0.2) is 0 Å². The van der Waals surface area contributed by atoms with Crippen LogP contribution in [-0.4, -0.2) is 28.7 Å². The average molecular weight is 240 g/mol. The van der Waals surface area contributed by atoms with Crippen molar-refractivity contribution in [1.82, 2.24) is 15.5 Å². The van der Waals surface area contributed by atoms with Gasteiger partial charge in [0.15, 0.2) is 0 Å². The van der Waals surface area contributed by atoms with Crippen LogP contribution in [0.1, 0.15) is 31.2 Å². The minimum atomic E-state index is 0.0261. The van der Waals surface area contributed by atoms with Gasteiger partial charge >= 0.3 is 0 Å². The van der Waals surface area contributed by atoms with E-state index in [9.17, 15) is 4.79 Å². The minimum absolute atomic E-state index is 0.0261. The molecule has 2 heterocycles. The first-order valence-corrected chi connectivity index (χ1v) is 6.45. The third kappa shape index (κ3) is 2.99. The maximum atomic E-state index is 11.7. The van der Waals surface area contributed by atoms with Crippen molar-refractivity contribution >= 4 is 22.4 Å². The van der Waals surface area contributed by atoms with E-state index in [1.165, 1.54) is 11.3 Å². The Bertz CT molecular complexity index is 359. The van der Waals surface area contributed by atoms with Crippen molar-refractivity contribution in [3.05, 3.63) is 5.01 Å². The Balaban J connectivity index is 1.81. The summed E-state index contributed by atoms with van der Waals surface area (Å²) in [5.74, 6) is 0.0261. The summed E-state index contributed by atoms with van der Waals surface area (Å²) in [5.41, 5.74) is 0. The van der Waals surface area contributed by atoms with Crippen LogP contribution in [0.4, 0.5) is 5.13 Å². The molecule has 2 rings (SSSR count). The van der Waals surface area contributed by atoms with Gasteiger partial charge in [-0.1, -0.05) is 18.3 Å². The second-order valence-electron chi connectivity index (χ2n) is 3.90. The molecule has 88 valence electrons. The monoisotopic (exact) mass is 240 g/mol. The third-order valence-electron chi connectivity index (χ3n) is 2.61. The number of rotatable bonds is 4. The maximum absolute atomic E-state index is 11.7. The molecule has 0 bridgehead atoms. The number of amides is 1. The fourth-order valence-electron chi connectivity index (χ4n) is 1.77. The molecule has 1 aliphatic rings. The number of carbonyl (C=O) groups is 1. The number of hydrogen-bond donors (Lipinski definition) is 2. The number of hydrogen-bond acceptors (Lipinski definition) is 5. The number of aromatic nitrogens is 2. The maximum Gasteiger partial charge on any atom is 0.227 e. The van der Waals surface area contributed by atoms with Crippen LogP contribution in [0.3, 0.4) is 0 Å². The zero-order valence-corrected chi connectivity index (χ0v) is 10.1. The summed E-state index contributed by atoms with van der Waals surface area (Å²) < 4.78 is 0. The Kier molecular flexibility index (Phi) is 3.84. The summed E-state index contributed by atoms with van der Waals surface area (Å²) in [6.45, 7) is 3.05. The van der Waals surface area contributed by atoms with Crippen LogP contribution < -0.4 is 10.6 Å². The Morgan fingerprint density at radius 1 is 1.62 bits per heavy atom. The predicted octanol–water partition coefficient (Wildman–Crippen LogP) is 1.18. The first-order valence-electron chi connectivity index (χ1n) is 5.63. The van der Waals surface area contributed by atoms with E-state index >= 15 is 0 Å². The fraction of sp³-hybridized carbons (Fsp3) is 0.700. The third-order valence-corrected chi connectivity index (χ3v) is 3.59. The van der Waals surface area contributed by atoms with Gasteiger partial charge in [0, 0.05) is 12.5 Å². The van der Waals surface area contributed by atoms with E-state index in [0.717, 1.165) is 30.8 Å². The lowest BCUT2D eigenvalue weighted by molar-refractivity contribution is -0.116. The average Bonchev–Trinajstić information content (AvgIpc) is 2.89. The molecule has 1 aromatic heterocycles. The summed E-state index contributed by atoms with van der Waals surface area (Å²) in [5, 5.41) is 15.5. The molecule has 1 fully saturated rings. The molecule has 0 aliphatic carbocycles. The van der Waals surface area contributed by atoms with Gasteiger partial charge < -0.3 is 10.6 Å². The molecule has 5 nitrogen and oxygen atoms in total. The highest BCUT2D eigenvalue weighted by Crippen LogP contribution is 2.16. The van der Waals surface area contributed by atoms with Gasteiger partial charge in [-0.2, -0.15) is 0 Å². The SMILES string of the molecule is CCc1nnc(NC(=O)CC2CCCN2)s1. The van der Waals surface area contributed by atoms with Gasteiger partial charge in [-0.3, -0.25) is 4.79 Å². The Morgan fingerprint density at radius 2 is 2.50 bits per heavy atom. The molecule has 1 aromatic rings. The fourth-order valence-corrected chi connectivity index (χ4v) is 2.47. The smallest absolute Gasteiger partial charge is 0.227 e. The normalized spacial score (nSPS) is 19.9. The molecule has 1 saturated heterocycles. The molecule has 1 atom stereocenters. The van der Waals surface area contributed by atoms with Crippen molar-refractivity contribution in [2.75, 3.05) is 11.9 Å². The van der Waals surface area contributed by atoms with Crippen molar-refractivity contribution in [3.63, 3.8) is 0 Å². The lowest BCUT2D eigenvalue weighted by Crippen LogP contribution is -2.27. The van der Waals surface area contributed by atoms with Crippen LogP contribution in [0.2, 0.25) is 0 Å². The first-order chi connectivity index (χ1) is 7.78. The molecule has 0 aromatic carbocycles. The van der Waals surface area contributed by atoms with Crippen molar-refractivity contribution in [2.24, 2.45) is 0 Å². The lowest BCUT2D eigenvalue weighted by atomic mass is 10.1. The van der Waals surface area contributed by atoms with Gasteiger partial charge in [-0.15, -0.1) is 10.2 Å². The van der Waals surface area contributed by atoms with E-state index in [1.807, 2.05) is 6.92 Å². The van der Waals surface area contributed by atoms with Gasteiger partial charge in [-0.05, 0) is 25.8 Å². The topological polar surface area (TPSA) is 66.9 Å². The van der Waals surface area contributed by atoms with Crippen LogP contribution in [0.25, 0.3) is 0 Å². The zero-order chi connectivity index (χ0) is 11.4. The summed E-state index contributed by atoms with van der Waals surface area (Å²) in [4.78, 5) is 11.7. The molecule has 1 amide bonds. The Morgan fingerprint density at radius 3 is 3.12 bits per heavy atom. The highest BCUT2D eigenvalue weighted by molar-refractivity contribution is 7.15. The largest absolute Gasteiger partial charge is 0.313 e. The second-order valence-corrected chi connectivity index (χ2v) is 4.96. The molecular weight excluding hydrogens is 224 g/mol. The van der Waals surface area contributed by atoms with E-state index in [1.54, 1.807) is 0 Å². The number of aryl methyl sites for hydroxylation is 1. The molecule has 1 unspecified atom stereocenters. The van der Waals surface area contributed by atoms with Crippen molar-refractivity contribution in [3.8, 4) is 0 Å². The summed E-state index contributed by atoms with van der Waals surface area (Å²) in [6, 6.07) is 0.332. The van der Waals surface area contributed by atoms with E-state index in [0.29, 0.717) is 17.6 Å². The van der Waals surface area contributed by atoms with E-state index in [2.05, 4.69) is 20.8 Å². The van der Waals surface area contributed by atoms with Crippen LogP contribution in [-0.2, 0) is 11.2 Å². The highest BCUT2D eigenvalue weighted by atomic mass is 32.1. The number of anilines is 1. The van der Waals surface area contributed by atoms with Crippen molar-refractivity contribution in [1.29, 1.82) is 0 Å². The van der Waals surface area contributed by atoms with E-state index in [4.69, 9.17) is 0 Å². The second kappa shape index (κ2) is 5.36. The quantitative estimate of drug-likeness (QED) is 0.829. The zero-order valence-electron chi connectivity index (χ0n) is 9.32. The van der Waals surface area contributed by atoms with Crippen molar-refractivity contribution in [2.45, 2.75) is 38.6 Å². The van der Waals surface area contributed by atoms with E-state index < -0.39 is 0 Å². The molecular formula is C10H16N4OS. The Hall–Kier alpha value is -1.01.